The Hall–Kier alpha value is -2.39. The standard InChI is InChI=1S/C14H16N4O2/c1-10-13(19)17-7-8-18(10)14(20)12-4-6-16-9-11(12)3-2-5-15/h4,6,9-10H,5,7-8,15H2,1H3,(H,17,19). The minimum absolute atomic E-state index is 0.145. The van der Waals surface area contributed by atoms with E-state index in [1.165, 1.54) is 12.4 Å². The molecule has 0 aromatic carbocycles. The predicted octanol–water partition coefficient (Wildman–Crippen LogP) is -0.648. The molecule has 1 aliphatic rings. The summed E-state index contributed by atoms with van der Waals surface area (Å²) in [5.74, 6) is 5.19. The van der Waals surface area contributed by atoms with Crippen LogP contribution in [0.15, 0.2) is 18.5 Å². The number of carbonyl (C=O) groups excluding carboxylic acids is 2. The quantitative estimate of drug-likeness (QED) is 0.665. The summed E-state index contributed by atoms with van der Waals surface area (Å²) >= 11 is 0. The van der Waals surface area contributed by atoms with Crippen LogP contribution in [0.3, 0.4) is 0 Å². The van der Waals surface area contributed by atoms with E-state index < -0.39 is 6.04 Å². The van der Waals surface area contributed by atoms with Crippen LogP contribution < -0.4 is 11.1 Å². The number of hydrogen-bond acceptors (Lipinski definition) is 4. The van der Waals surface area contributed by atoms with E-state index in [1.807, 2.05) is 0 Å². The number of rotatable bonds is 1. The summed E-state index contributed by atoms with van der Waals surface area (Å²) < 4.78 is 0. The normalized spacial score (nSPS) is 18.0. The molecule has 2 amide bonds. The third-order valence-corrected chi connectivity index (χ3v) is 3.14. The van der Waals surface area contributed by atoms with Crippen molar-refractivity contribution in [1.29, 1.82) is 0 Å². The Morgan fingerprint density at radius 1 is 1.65 bits per heavy atom. The largest absolute Gasteiger partial charge is 0.353 e. The molecule has 6 nitrogen and oxygen atoms in total. The third-order valence-electron chi connectivity index (χ3n) is 3.14. The zero-order valence-corrected chi connectivity index (χ0v) is 11.2. The number of piperazine rings is 1. The van der Waals surface area contributed by atoms with Crippen LogP contribution in [0.2, 0.25) is 0 Å². The SMILES string of the molecule is CC1C(=O)NCCN1C(=O)c1ccncc1C#CCN. The van der Waals surface area contributed by atoms with Gasteiger partial charge in [0, 0.05) is 25.5 Å². The molecule has 1 unspecified atom stereocenters. The highest BCUT2D eigenvalue weighted by Gasteiger charge is 2.30. The van der Waals surface area contributed by atoms with Crippen LogP contribution in [-0.2, 0) is 4.79 Å². The molecule has 1 atom stereocenters. The highest BCUT2D eigenvalue weighted by atomic mass is 16.2. The Labute approximate surface area is 117 Å². The van der Waals surface area contributed by atoms with Crippen molar-refractivity contribution >= 4 is 11.8 Å². The van der Waals surface area contributed by atoms with Gasteiger partial charge in [-0.3, -0.25) is 14.6 Å². The highest BCUT2D eigenvalue weighted by Crippen LogP contribution is 2.13. The fraction of sp³-hybridized carbons (Fsp3) is 0.357. The van der Waals surface area contributed by atoms with Gasteiger partial charge in [0.2, 0.25) is 5.91 Å². The summed E-state index contributed by atoms with van der Waals surface area (Å²) in [5.41, 5.74) is 6.32. The van der Waals surface area contributed by atoms with Gasteiger partial charge in [-0.2, -0.15) is 0 Å². The average molecular weight is 272 g/mol. The number of nitrogens with zero attached hydrogens (tertiary/aromatic N) is 2. The molecule has 2 rings (SSSR count). The van der Waals surface area contributed by atoms with Gasteiger partial charge in [0.1, 0.15) is 6.04 Å². The smallest absolute Gasteiger partial charge is 0.255 e. The first kappa shape index (κ1) is 14.0. The first-order valence-electron chi connectivity index (χ1n) is 6.36. The monoisotopic (exact) mass is 272 g/mol. The average Bonchev–Trinajstić information content (AvgIpc) is 2.47. The van der Waals surface area contributed by atoms with Crippen LogP contribution in [0, 0.1) is 11.8 Å². The molecular weight excluding hydrogens is 256 g/mol. The summed E-state index contributed by atoms with van der Waals surface area (Å²) in [5, 5.41) is 2.73. The van der Waals surface area contributed by atoms with E-state index in [-0.39, 0.29) is 18.4 Å². The van der Waals surface area contributed by atoms with Gasteiger partial charge >= 0.3 is 0 Å². The second-order valence-electron chi connectivity index (χ2n) is 4.39. The van der Waals surface area contributed by atoms with E-state index in [0.717, 1.165) is 0 Å². The number of nitrogens with two attached hydrogens (primary N) is 1. The zero-order chi connectivity index (χ0) is 14.5. The van der Waals surface area contributed by atoms with E-state index in [0.29, 0.717) is 24.2 Å². The fourth-order valence-corrected chi connectivity index (χ4v) is 2.04. The van der Waals surface area contributed by atoms with Crippen molar-refractivity contribution < 1.29 is 9.59 Å². The van der Waals surface area contributed by atoms with Crippen molar-refractivity contribution in [2.45, 2.75) is 13.0 Å². The number of pyridine rings is 1. The molecular formula is C14H16N4O2. The lowest BCUT2D eigenvalue weighted by molar-refractivity contribution is -0.127. The van der Waals surface area contributed by atoms with Gasteiger partial charge in [-0.15, -0.1) is 0 Å². The lowest BCUT2D eigenvalue weighted by atomic mass is 10.1. The Balaban J connectivity index is 2.31. The number of carbonyl (C=O) groups is 2. The van der Waals surface area contributed by atoms with Crippen molar-refractivity contribution in [3.63, 3.8) is 0 Å². The van der Waals surface area contributed by atoms with Crippen LogP contribution in [0.4, 0.5) is 0 Å². The number of aromatic nitrogens is 1. The molecule has 2 heterocycles. The molecule has 1 aromatic heterocycles. The number of amides is 2. The fourth-order valence-electron chi connectivity index (χ4n) is 2.04. The Kier molecular flexibility index (Phi) is 4.33. The van der Waals surface area contributed by atoms with E-state index in [4.69, 9.17) is 5.73 Å². The summed E-state index contributed by atoms with van der Waals surface area (Å²) in [6, 6.07) is 1.13. The lowest BCUT2D eigenvalue weighted by Crippen LogP contribution is -2.55. The van der Waals surface area contributed by atoms with Gasteiger partial charge < -0.3 is 16.0 Å². The lowest BCUT2D eigenvalue weighted by Gasteiger charge is -2.33. The van der Waals surface area contributed by atoms with Gasteiger partial charge in [0.25, 0.3) is 5.91 Å². The highest BCUT2D eigenvalue weighted by molar-refractivity contribution is 5.99. The number of hydrogen-bond donors (Lipinski definition) is 2. The Morgan fingerprint density at radius 3 is 3.20 bits per heavy atom. The third kappa shape index (κ3) is 2.78. The van der Waals surface area contributed by atoms with Crippen LogP contribution >= 0.6 is 0 Å². The maximum Gasteiger partial charge on any atom is 0.255 e. The Morgan fingerprint density at radius 2 is 2.45 bits per heavy atom. The van der Waals surface area contributed by atoms with Gasteiger partial charge in [-0.1, -0.05) is 11.8 Å². The van der Waals surface area contributed by atoms with E-state index in [9.17, 15) is 9.59 Å². The molecule has 3 N–H and O–H groups in total. The van der Waals surface area contributed by atoms with Crippen LogP contribution in [0.1, 0.15) is 22.8 Å². The van der Waals surface area contributed by atoms with E-state index in [2.05, 4.69) is 22.1 Å². The van der Waals surface area contributed by atoms with Crippen molar-refractivity contribution in [3.05, 3.63) is 29.6 Å². The molecule has 1 fully saturated rings. The van der Waals surface area contributed by atoms with Gasteiger partial charge in [-0.25, -0.2) is 0 Å². The minimum Gasteiger partial charge on any atom is -0.353 e. The number of nitrogens with one attached hydrogen (secondary N) is 1. The maximum atomic E-state index is 12.6. The van der Waals surface area contributed by atoms with E-state index >= 15 is 0 Å². The zero-order valence-electron chi connectivity index (χ0n) is 11.2. The second-order valence-corrected chi connectivity index (χ2v) is 4.39. The first-order valence-corrected chi connectivity index (χ1v) is 6.36. The van der Waals surface area contributed by atoms with Gasteiger partial charge in [-0.05, 0) is 13.0 Å². The summed E-state index contributed by atoms with van der Waals surface area (Å²) in [4.78, 5) is 29.7. The van der Waals surface area contributed by atoms with E-state index in [1.54, 1.807) is 17.9 Å². The molecule has 1 saturated heterocycles. The summed E-state index contributed by atoms with van der Waals surface area (Å²) in [7, 11) is 0. The molecule has 1 aliphatic heterocycles. The summed E-state index contributed by atoms with van der Waals surface area (Å²) in [6.45, 7) is 2.87. The van der Waals surface area contributed by atoms with Crippen molar-refractivity contribution in [3.8, 4) is 11.8 Å². The molecule has 20 heavy (non-hydrogen) atoms. The molecule has 0 bridgehead atoms. The molecule has 0 spiro atoms. The van der Waals surface area contributed by atoms with Crippen molar-refractivity contribution in [1.82, 2.24) is 15.2 Å². The van der Waals surface area contributed by atoms with Crippen molar-refractivity contribution in [2.75, 3.05) is 19.6 Å². The molecule has 1 aromatic rings. The van der Waals surface area contributed by atoms with Crippen LogP contribution in [0.25, 0.3) is 0 Å². The van der Waals surface area contributed by atoms with Crippen LogP contribution in [-0.4, -0.2) is 47.4 Å². The van der Waals surface area contributed by atoms with Gasteiger partial charge in [0.15, 0.2) is 0 Å². The topological polar surface area (TPSA) is 88.3 Å². The molecule has 104 valence electrons. The molecule has 0 radical (unpaired) electrons. The van der Waals surface area contributed by atoms with Crippen molar-refractivity contribution in [2.24, 2.45) is 5.73 Å². The minimum atomic E-state index is -0.486. The Bertz CT molecular complexity index is 588. The predicted molar refractivity (Wildman–Crippen MR) is 73.7 cm³/mol. The van der Waals surface area contributed by atoms with Gasteiger partial charge in [0.05, 0.1) is 17.7 Å². The molecule has 0 aliphatic carbocycles. The second kappa shape index (κ2) is 6.17. The molecule has 0 saturated carbocycles. The summed E-state index contributed by atoms with van der Waals surface area (Å²) in [6.07, 6.45) is 3.07. The molecule has 6 heteroatoms. The maximum absolute atomic E-state index is 12.6. The first-order chi connectivity index (χ1) is 9.65. The van der Waals surface area contributed by atoms with Crippen LogP contribution in [0.5, 0.6) is 0 Å².